The number of rotatable bonds is 8. The molecule has 3 rings (SSSR count). The summed E-state index contributed by atoms with van der Waals surface area (Å²) in [6, 6.07) is 9.88. The first-order chi connectivity index (χ1) is 13.5. The predicted molar refractivity (Wildman–Crippen MR) is 128 cm³/mol. The van der Waals surface area contributed by atoms with Gasteiger partial charge in [0.25, 0.3) is 5.91 Å². The van der Waals surface area contributed by atoms with Gasteiger partial charge in [0, 0.05) is 42.7 Å². The van der Waals surface area contributed by atoms with E-state index in [4.69, 9.17) is 16.0 Å². The monoisotopic (exact) mass is 530 g/mol. The van der Waals surface area contributed by atoms with Crippen molar-refractivity contribution in [1.82, 2.24) is 16.0 Å². The molecule has 0 bridgehead atoms. The van der Waals surface area contributed by atoms with E-state index < -0.39 is 0 Å². The van der Waals surface area contributed by atoms with Gasteiger partial charge >= 0.3 is 0 Å². The van der Waals surface area contributed by atoms with E-state index in [-0.39, 0.29) is 35.3 Å². The molecule has 0 radical (unpaired) electrons. The Bertz CT molecular complexity index is 849. The molecule has 2 aromatic rings. The molecule has 0 aliphatic heterocycles. The summed E-state index contributed by atoms with van der Waals surface area (Å²) in [6.07, 6.45) is 4.61. The first kappa shape index (κ1) is 23.5. The number of aryl methyl sites for hydroxylation is 1. The average Bonchev–Trinajstić information content (AvgIpc) is 3.36. The number of amides is 1. The zero-order chi connectivity index (χ0) is 20.0. The highest BCUT2D eigenvalue weighted by Crippen LogP contribution is 2.48. The SMILES string of the molecule is CN=C(NCCCNC(=O)c1occc1C)NCC1(c2cccc(Cl)c2)CC1.I. The van der Waals surface area contributed by atoms with Crippen molar-refractivity contribution in [1.29, 1.82) is 0 Å². The molecule has 29 heavy (non-hydrogen) atoms. The van der Waals surface area contributed by atoms with Crippen LogP contribution in [0.3, 0.4) is 0 Å². The number of nitrogens with zero attached hydrogens (tertiary/aromatic N) is 1. The molecule has 8 heteroatoms. The van der Waals surface area contributed by atoms with Crippen LogP contribution in [-0.2, 0) is 5.41 Å². The Labute approximate surface area is 193 Å². The number of guanidine groups is 1. The van der Waals surface area contributed by atoms with E-state index in [0.29, 0.717) is 18.8 Å². The molecule has 1 aromatic carbocycles. The van der Waals surface area contributed by atoms with Crippen molar-refractivity contribution in [2.75, 3.05) is 26.7 Å². The normalized spacial score (nSPS) is 14.7. The number of hydrogen-bond donors (Lipinski definition) is 3. The van der Waals surface area contributed by atoms with Gasteiger partial charge in [-0.25, -0.2) is 0 Å². The maximum atomic E-state index is 12.0. The number of furan rings is 1. The largest absolute Gasteiger partial charge is 0.459 e. The van der Waals surface area contributed by atoms with Gasteiger partial charge in [0.2, 0.25) is 0 Å². The fourth-order valence-electron chi connectivity index (χ4n) is 3.19. The van der Waals surface area contributed by atoms with Crippen molar-refractivity contribution in [3.05, 3.63) is 58.5 Å². The highest BCUT2D eigenvalue weighted by Gasteiger charge is 2.44. The highest BCUT2D eigenvalue weighted by molar-refractivity contribution is 14.0. The fraction of sp³-hybridized carbons (Fsp3) is 0.429. The molecule has 158 valence electrons. The van der Waals surface area contributed by atoms with Gasteiger partial charge in [-0.3, -0.25) is 9.79 Å². The number of nitrogens with one attached hydrogen (secondary N) is 3. The number of hydrogen-bond acceptors (Lipinski definition) is 3. The molecule has 1 heterocycles. The van der Waals surface area contributed by atoms with Crippen molar-refractivity contribution in [2.24, 2.45) is 4.99 Å². The molecule has 1 amide bonds. The van der Waals surface area contributed by atoms with Crippen LogP contribution in [0.5, 0.6) is 0 Å². The minimum absolute atomic E-state index is 0. The molecule has 0 unspecified atom stereocenters. The maximum absolute atomic E-state index is 12.0. The molecule has 1 aliphatic carbocycles. The van der Waals surface area contributed by atoms with E-state index in [2.05, 4.69) is 33.1 Å². The van der Waals surface area contributed by atoms with Gasteiger partial charge < -0.3 is 20.4 Å². The van der Waals surface area contributed by atoms with Gasteiger partial charge in [-0.15, -0.1) is 24.0 Å². The molecule has 0 spiro atoms. The highest BCUT2D eigenvalue weighted by atomic mass is 127. The van der Waals surface area contributed by atoms with Gasteiger partial charge in [0.15, 0.2) is 11.7 Å². The van der Waals surface area contributed by atoms with Crippen molar-refractivity contribution >= 4 is 47.4 Å². The Morgan fingerprint density at radius 2 is 1.97 bits per heavy atom. The van der Waals surface area contributed by atoms with Crippen LogP contribution in [0, 0.1) is 6.92 Å². The second-order valence-electron chi connectivity index (χ2n) is 7.19. The summed E-state index contributed by atoms with van der Waals surface area (Å²) in [5.41, 5.74) is 2.27. The first-order valence-electron chi connectivity index (χ1n) is 9.57. The summed E-state index contributed by atoms with van der Waals surface area (Å²) in [7, 11) is 1.76. The average molecular weight is 531 g/mol. The Hall–Kier alpha value is -1.74. The number of aliphatic imine (C=N–C) groups is 1. The van der Waals surface area contributed by atoms with Crippen LogP contribution >= 0.6 is 35.6 Å². The van der Waals surface area contributed by atoms with Crippen LogP contribution in [0.2, 0.25) is 5.02 Å². The van der Waals surface area contributed by atoms with Crippen molar-refractivity contribution in [3.63, 3.8) is 0 Å². The third-order valence-corrected chi connectivity index (χ3v) is 5.34. The number of benzene rings is 1. The standard InChI is InChI=1S/C21H27ClN4O2.HI/c1-15-7-12-28-18(15)19(27)24-10-4-11-25-20(23-2)26-14-21(8-9-21)16-5-3-6-17(22)13-16;/h3,5-7,12-13H,4,8-11,14H2,1-2H3,(H,24,27)(H2,23,25,26);1H. The van der Waals surface area contributed by atoms with Gasteiger partial charge in [-0.2, -0.15) is 0 Å². The lowest BCUT2D eigenvalue weighted by atomic mass is 9.96. The van der Waals surface area contributed by atoms with E-state index >= 15 is 0 Å². The topological polar surface area (TPSA) is 78.7 Å². The summed E-state index contributed by atoms with van der Waals surface area (Å²) in [6.45, 7) is 3.95. The lowest BCUT2D eigenvalue weighted by Crippen LogP contribution is -2.42. The quantitative estimate of drug-likeness (QED) is 0.210. The smallest absolute Gasteiger partial charge is 0.287 e. The van der Waals surface area contributed by atoms with E-state index in [1.54, 1.807) is 13.1 Å². The van der Waals surface area contributed by atoms with Gasteiger partial charge in [0.05, 0.1) is 6.26 Å². The Morgan fingerprint density at radius 3 is 2.59 bits per heavy atom. The van der Waals surface area contributed by atoms with Crippen LogP contribution in [0.1, 0.15) is 40.9 Å². The first-order valence-corrected chi connectivity index (χ1v) is 9.95. The summed E-state index contributed by atoms with van der Waals surface area (Å²) in [5.74, 6) is 0.963. The molecule has 0 saturated heterocycles. The second kappa shape index (κ2) is 10.9. The lowest BCUT2D eigenvalue weighted by molar-refractivity contribution is 0.0925. The third kappa shape index (κ3) is 6.37. The summed E-state index contributed by atoms with van der Waals surface area (Å²) >= 11 is 6.14. The fourth-order valence-corrected chi connectivity index (χ4v) is 3.38. The molecule has 1 saturated carbocycles. The minimum atomic E-state index is -0.179. The number of carbonyl (C=O) groups excluding carboxylic acids is 1. The van der Waals surface area contributed by atoms with Crippen LogP contribution < -0.4 is 16.0 Å². The Morgan fingerprint density at radius 1 is 1.21 bits per heavy atom. The summed E-state index contributed by atoms with van der Waals surface area (Å²) in [4.78, 5) is 16.3. The second-order valence-corrected chi connectivity index (χ2v) is 7.62. The molecule has 0 atom stereocenters. The molecule has 1 aromatic heterocycles. The van der Waals surface area contributed by atoms with E-state index in [9.17, 15) is 4.79 Å². The molecule has 3 N–H and O–H groups in total. The molecule has 6 nitrogen and oxygen atoms in total. The van der Waals surface area contributed by atoms with Crippen LogP contribution in [0.4, 0.5) is 0 Å². The zero-order valence-electron chi connectivity index (χ0n) is 16.8. The van der Waals surface area contributed by atoms with E-state index in [1.165, 1.54) is 11.8 Å². The molecular formula is C21H28ClIN4O2. The van der Waals surface area contributed by atoms with Gasteiger partial charge in [0.1, 0.15) is 0 Å². The summed E-state index contributed by atoms with van der Waals surface area (Å²) in [5, 5.41) is 10.3. The Balaban J connectivity index is 0.00000300. The summed E-state index contributed by atoms with van der Waals surface area (Å²) < 4.78 is 5.19. The van der Waals surface area contributed by atoms with E-state index in [0.717, 1.165) is 42.4 Å². The van der Waals surface area contributed by atoms with Crippen LogP contribution in [0.15, 0.2) is 46.0 Å². The van der Waals surface area contributed by atoms with Crippen LogP contribution in [0.25, 0.3) is 0 Å². The predicted octanol–water partition coefficient (Wildman–Crippen LogP) is 3.88. The Kier molecular flexibility index (Phi) is 8.82. The minimum Gasteiger partial charge on any atom is -0.459 e. The number of halogens is 2. The van der Waals surface area contributed by atoms with E-state index in [1.807, 2.05) is 19.1 Å². The van der Waals surface area contributed by atoms with Gasteiger partial charge in [-0.05, 0) is 49.9 Å². The third-order valence-electron chi connectivity index (χ3n) is 5.11. The maximum Gasteiger partial charge on any atom is 0.287 e. The molecule has 1 aliphatic rings. The van der Waals surface area contributed by atoms with Crippen molar-refractivity contribution in [2.45, 2.75) is 31.6 Å². The van der Waals surface area contributed by atoms with Crippen molar-refractivity contribution in [3.8, 4) is 0 Å². The van der Waals surface area contributed by atoms with Crippen molar-refractivity contribution < 1.29 is 9.21 Å². The molecule has 1 fully saturated rings. The zero-order valence-corrected chi connectivity index (χ0v) is 19.8. The number of carbonyl (C=O) groups is 1. The van der Waals surface area contributed by atoms with Gasteiger partial charge in [-0.1, -0.05) is 23.7 Å². The lowest BCUT2D eigenvalue weighted by Gasteiger charge is -2.19. The molecular weight excluding hydrogens is 503 g/mol. The van der Waals surface area contributed by atoms with Crippen LogP contribution in [-0.4, -0.2) is 38.5 Å².